The van der Waals surface area contributed by atoms with Crippen molar-refractivity contribution in [3.63, 3.8) is 0 Å². The Labute approximate surface area is 118 Å². The molecule has 3 rings (SSSR count). The largest absolute Gasteiger partial charge is 0.370 e. The Balaban J connectivity index is 2.10. The van der Waals surface area contributed by atoms with Crippen LogP contribution in [0.2, 0.25) is 0 Å². The number of imidazole rings is 1. The summed E-state index contributed by atoms with van der Waals surface area (Å²) in [5.74, 6) is 1.34. The molecule has 0 radical (unpaired) electrons. The second kappa shape index (κ2) is 4.96. The van der Waals surface area contributed by atoms with Gasteiger partial charge in [-0.2, -0.15) is 0 Å². The molecule has 4 nitrogen and oxygen atoms in total. The molecular formula is C16H18N4. The molecule has 0 saturated heterocycles. The zero-order valence-corrected chi connectivity index (χ0v) is 12.0. The predicted molar refractivity (Wildman–Crippen MR) is 82.1 cm³/mol. The van der Waals surface area contributed by atoms with Gasteiger partial charge in [-0.1, -0.05) is 38.1 Å². The molecule has 0 saturated carbocycles. The predicted octanol–water partition coefficient (Wildman–Crippen LogP) is 3.56. The fraction of sp³-hybridized carbons (Fsp3) is 0.250. The molecule has 0 bridgehead atoms. The van der Waals surface area contributed by atoms with E-state index in [4.69, 9.17) is 0 Å². The second-order valence-electron chi connectivity index (χ2n) is 5.14. The van der Waals surface area contributed by atoms with E-state index < -0.39 is 0 Å². The highest BCUT2D eigenvalue weighted by molar-refractivity contribution is 5.70. The van der Waals surface area contributed by atoms with Crippen LogP contribution in [-0.4, -0.2) is 21.4 Å². The van der Waals surface area contributed by atoms with Gasteiger partial charge in [0.2, 0.25) is 0 Å². The first-order valence-corrected chi connectivity index (χ1v) is 6.81. The fourth-order valence-electron chi connectivity index (χ4n) is 2.35. The summed E-state index contributed by atoms with van der Waals surface area (Å²) in [6.07, 6.45) is 5.61. The van der Waals surface area contributed by atoms with Crippen molar-refractivity contribution in [2.75, 3.05) is 12.4 Å². The van der Waals surface area contributed by atoms with Crippen LogP contribution in [0.1, 0.15) is 25.3 Å². The molecule has 0 fully saturated rings. The SMILES string of the molecule is CNc1nccn2c(-c3ccc(C(C)C)cc3)cnc12. The maximum Gasteiger partial charge on any atom is 0.180 e. The molecule has 1 aromatic carbocycles. The number of aromatic nitrogens is 3. The first-order chi connectivity index (χ1) is 9.70. The molecule has 0 spiro atoms. The van der Waals surface area contributed by atoms with Crippen LogP contribution >= 0.6 is 0 Å². The molecule has 1 N–H and O–H groups in total. The molecule has 0 amide bonds. The lowest BCUT2D eigenvalue weighted by Crippen LogP contribution is -1.97. The van der Waals surface area contributed by atoms with Gasteiger partial charge in [0, 0.05) is 25.0 Å². The van der Waals surface area contributed by atoms with Crippen molar-refractivity contribution in [1.82, 2.24) is 14.4 Å². The lowest BCUT2D eigenvalue weighted by atomic mass is 10.0. The lowest BCUT2D eigenvalue weighted by molar-refractivity contribution is 0.867. The summed E-state index contributed by atoms with van der Waals surface area (Å²) in [5.41, 5.74) is 4.43. The first-order valence-electron chi connectivity index (χ1n) is 6.81. The van der Waals surface area contributed by atoms with Gasteiger partial charge < -0.3 is 5.32 Å². The fourth-order valence-corrected chi connectivity index (χ4v) is 2.35. The maximum atomic E-state index is 4.46. The van der Waals surface area contributed by atoms with Gasteiger partial charge in [-0.05, 0) is 11.5 Å². The van der Waals surface area contributed by atoms with Crippen LogP contribution in [-0.2, 0) is 0 Å². The number of fused-ring (bicyclic) bond motifs is 1. The monoisotopic (exact) mass is 266 g/mol. The Morgan fingerprint density at radius 1 is 1.10 bits per heavy atom. The van der Waals surface area contributed by atoms with E-state index in [9.17, 15) is 0 Å². The van der Waals surface area contributed by atoms with E-state index in [1.165, 1.54) is 5.56 Å². The van der Waals surface area contributed by atoms with E-state index in [1.807, 2.05) is 19.4 Å². The van der Waals surface area contributed by atoms with Gasteiger partial charge in [-0.25, -0.2) is 9.97 Å². The van der Waals surface area contributed by atoms with Crippen LogP contribution in [0.3, 0.4) is 0 Å². The maximum absolute atomic E-state index is 4.46. The van der Waals surface area contributed by atoms with Crippen LogP contribution in [0, 0.1) is 0 Å². The highest BCUT2D eigenvalue weighted by atomic mass is 15.1. The summed E-state index contributed by atoms with van der Waals surface area (Å²) < 4.78 is 2.06. The number of anilines is 1. The van der Waals surface area contributed by atoms with E-state index >= 15 is 0 Å². The molecule has 0 unspecified atom stereocenters. The van der Waals surface area contributed by atoms with Gasteiger partial charge in [0.1, 0.15) is 0 Å². The van der Waals surface area contributed by atoms with Crippen molar-refractivity contribution < 1.29 is 0 Å². The van der Waals surface area contributed by atoms with Crippen molar-refractivity contribution in [2.24, 2.45) is 0 Å². The Morgan fingerprint density at radius 3 is 2.50 bits per heavy atom. The van der Waals surface area contributed by atoms with Crippen molar-refractivity contribution in [2.45, 2.75) is 19.8 Å². The van der Waals surface area contributed by atoms with E-state index in [2.05, 4.69) is 57.8 Å². The first kappa shape index (κ1) is 12.7. The third-order valence-corrected chi connectivity index (χ3v) is 3.54. The number of nitrogens with zero attached hydrogens (tertiary/aromatic N) is 3. The van der Waals surface area contributed by atoms with Crippen molar-refractivity contribution >= 4 is 11.5 Å². The van der Waals surface area contributed by atoms with Gasteiger partial charge >= 0.3 is 0 Å². The molecule has 2 heterocycles. The van der Waals surface area contributed by atoms with Crippen molar-refractivity contribution in [3.05, 3.63) is 48.4 Å². The minimum atomic E-state index is 0.548. The normalized spacial score (nSPS) is 11.2. The molecule has 0 atom stereocenters. The van der Waals surface area contributed by atoms with Crippen LogP contribution in [0.5, 0.6) is 0 Å². The molecule has 3 aromatic rings. The number of hydrogen-bond donors (Lipinski definition) is 1. The zero-order valence-electron chi connectivity index (χ0n) is 12.0. The third kappa shape index (κ3) is 2.03. The molecule has 4 heteroatoms. The van der Waals surface area contributed by atoms with Gasteiger partial charge in [-0.3, -0.25) is 4.40 Å². The number of rotatable bonds is 3. The summed E-state index contributed by atoms with van der Waals surface area (Å²) in [6.45, 7) is 4.40. The minimum Gasteiger partial charge on any atom is -0.370 e. The van der Waals surface area contributed by atoms with Crippen molar-refractivity contribution in [3.8, 4) is 11.3 Å². The molecule has 20 heavy (non-hydrogen) atoms. The summed E-state index contributed by atoms with van der Waals surface area (Å²) in [7, 11) is 1.86. The molecule has 0 aliphatic carbocycles. The van der Waals surface area contributed by atoms with Gasteiger partial charge in [0.25, 0.3) is 0 Å². The van der Waals surface area contributed by atoms with E-state index in [-0.39, 0.29) is 0 Å². The number of nitrogens with one attached hydrogen (secondary N) is 1. The molecule has 0 aliphatic rings. The van der Waals surface area contributed by atoms with Crippen LogP contribution < -0.4 is 5.32 Å². The highest BCUT2D eigenvalue weighted by Gasteiger charge is 2.09. The summed E-state index contributed by atoms with van der Waals surface area (Å²) >= 11 is 0. The number of benzene rings is 1. The van der Waals surface area contributed by atoms with Gasteiger partial charge in [0.15, 0.2) is 11.5 Å². The zero-order chi connectivity index (χ0) is 14.1. The smallest absolute Gasteiger partial charge is 0.180 e. The average Bonchev–Trinajstić information content (AvgIpc) is 2.91. The summed E-state index contributed by atoms with van der Waals surface area (Å²) in [6, 6.07) is 8.66. The van der Waals surface area contributed by atoms with Gasteiger partial charge in [0.05, 0.1) is 11.9 Å². The number of hydrogen-bond acceptors (Lipinski definition) is 3. The van der Waals surface area contributed by atoms with Crippen LogP contribution in [0.4, 0.5) is 5.82 Å². The van der Waals surface area contributed by atoms with Crippen LogP contribution in [0.15, 0.2) is 42.9 Å². The Morgan fingerprint density at radius 2 is 1.85 bits per heavy atom. The van der Waals surface area contributed by atoms with E-state index in [0.29, 0.717) is 5.92 Å². The highest BCUT2D eigenvalue weighted by Crippen LogP contribution is 2.25. The molecule has 102 valence electrons. The Kier molecular flexibility index (Phi) is 3.14. The summed E-state index contributed by atoms with van der Waals surface area (Å²) in [5, 5.41) is 3.06. The molecule has 2 aromatic heterocycles. The Hall–Kier alpha value is -2.36. The topological polar surface area (TPSA) is 42.2 Å². The third-order valence-electron chi connectivity index (χ3n) is 3.54. The van der Waals surface area contributed by atoms with Gasteiger partial charge in [-0.15, -0.1) is 0 Å². The second-order valence-corrected chi connectivity index (χ2v) is 5.14. The van der Waals surface area contributed by atoms with E-state index in [1.54, 1.807) is 6.20 Å². The van der Waals surface area contributed by atoms with Crippen LogP contribution in [0.25, 0.3) is 16.9 Å². The quantitative estimate of drug-likeness (QED) is 0.788. The molecule has 0 aliphatic heterocycles. The van der Waals surface area contributed by atoms with Crippen molar-refractivity contribution in [1.29, 1.82) is 0 Å². The average molecular weight is 266 g/mol. The lowest BCUT2D eigenvalue weighted by Gasteiger charge is -2.07. The molecular weight excluding hydrogens is 248 g/mol. The van der Waals surface area contributed by atoms with E-state index in [0.717, 1.165) is 22.7 Å². The standard InChI is InChI=1S/C16H18N4/c1-11(2)12-4-6-13(7-5-12)14-10-19-16-15(17-3)18-8-9-20(14)16/h4-11H,1-3H3,(H,17,18). The Bertz CT molecular complexity index is 726. The summed E-state index contributed by atoms with van der Waals surface area (Å²) in [4.78, 5) is 8.74. The minimum absolute atomic E-state index is 0.548.